The van der Waals surface area contributed by atoms with Gasteiger partial charge in [0.25, 0.3) is 0 Å². The summed E-state index contributed by atoms with van der Waals surface area (Å²) in [6.45, 7) is 6.81. The quantitative estimate of drug-likeness (QED) is 0.577. The zero-order valence-electron chi connectivity index (χ0n) is 21.2. The Morgan fingerprint density at radius 2 is 1.43 bits per heavy atom. The predicted molar refractivity (Wildman–Crippen MR) is 149 cm³/mol. The lowest BCUT2D eigenvalue weighted by Crippen LogP contribution is -2.80. The van der Waals surface area contributed by atoms with E-state index in [1.165, 1.54) is 0 Å². The van der Waals surface area contributed by atoms with Crippen molar-refractivity contribution in [1.82, 2.24) is 9.80 Å². The van der Waals surface area contributed by atoms with Gasteiger partial charge >= 0.3 is 0 Å². The van der Waals surface area contributed by atoms with Crippen molar-refractivity contribution in [3.63, 3.8) is 0 Å². The van der Waals surface area contributed by atoms with Gasteiger partial charge in [-0.15, -0.1) is 0 Å². The van der Waals surface area contributed by atoms with Crippen LogP contribution in [0.15, 0.2) is 65.7 Å². The highest BCUT2D eigenvalue weighted by Gasteiger charge is 2.76. The van der Waals surface area contributed by atoms with Gasteiger partial charge in [-0.1, -0.05) is 55.5 Å². The van der Waals surface area contributed by atoms with Crippen LogP contribution >= 0.6 is 12.2 Å². The van der Waals surface area contributed by atoms with Crippen LogP contribution in [-0.2, 0) is 0 Å². The van der Waals surface area contributed by atoms with E-state index >= 15 is 0 Å². The van der Waals surface area contributed by atoms with Crippen LogP contribution in [0, 0.1) is 38.9 Å². The smallest absolute Gasteiger partial charge is 0.140 e. The average Bonchev–Trinajstić information content (AvgIpc) is 2.97. The molecule has 188 valence electrons. The highest BCUT2D eigenvalue weighted by Crippen LogP contribution is 2.66. The summed E-state index contributed by atoms with van der Waals surface area (Å²) < 4.78 is 0. The van der Waals surface area contributed by atoms with Crippen LogP contribution in [0.2, 0.25) is 0 Å². The maximum atomic E-state index is 11.2. The molecule has 2 atom stereocenters. The van der Waals surface area contributed by atoms with Gasteiger partial charge in [-0.25, -0.2) is 4.99 Å². The first-order valence-electron chi connectivity index (χ1n) is 13.1. The van der Waals surface area contributed by atoms with Crippen molar-refractivity contribution < 1.29 is 0 Å². The van der Waals surface area contributed by atoms with E-state index in [-0.39, 0.29) is 0 Å². The monoisotopic (exact) mass is 509 g/mol. The van der Waals surface area contributed by atoms with Gasteiger partial charge in [0.15, 0.2) is 0 Å². The number of piperidine rings is 3. The van der Waals surface area contributed by atoms with Crippen LogP contribution in [0.25, 0.3) is 0 Å². The number of hydrogen-bond donors (Lipinski definition) is 0. The molecule has 0 N–H and O–H groups in total. The fourth-order valence-electron chi connectivity index (χ4n) is 7.24. The van der Waals surface area contributed by atoms with Crippen molar-refractivity contribution in [3.8, 4) is 12.1 Å². The molecular formula is C29H31N7S. The van der Waals surface area contributed by atoms with Gasteiger partial charge in [0.1, 0.15) is 28.3 Å². The Morgan fingerprint density at radius 3 is 2.00 bits per heavy atom. The minimum Gasteiger partial charge on any atom is -0.367 e. The lowest BCUT2D eigenvalue weighted by Gasteiger charge is -2.68. The second kappa shape index (κ2) is 8.83. The summed E-state index contributed by atoms with van der Waals surface area (Å²) in [4.78, 5) is 14.5. The Kier molecular flexibility index (Phi) is 5.71. The maximum absolute atomic E-state index is 11.2. The molecule has 2 unspecified atom stereocenters. The summed E-state index contributed by atoms with van der Waals surface area (Å²) in [7, 11) is 0. The number of para-hydroxylation sites is 2. The number of nitriles is 2. The SMILES string of the molecule is CCN1CCC2(CC1)C1(C#N)CN(c3ccccc3)CC2(C#N)C2=NCN(c3ccccc3)CN2C1=S. The summed E-state index contributed by atoms with van der Waals surface area (Å²) >= 11 is 6.28. The van der Waals surface area contributed by atoms with Crippen molar-refractivity contribution in [2.24, 2.45) is 21.2 Å². The van der Waals surface area contributed by atoms with E-state index in [0.717, 1.165) is 49.7 Å². The zero-order valence-corrected chi connectivity index (χ0v) is 22.0. The van der Waals surface area contributed by atoms with Crippen LogP contribution < -0.4 is 9.80 Å². The molecule has 0 saturated carbocycles. The van der Waals surface area contributed by atoms with Crippen molar-refractivity contribution in [2.45, 2.75) is 19.8 Å². The van der Waals surface area contributed by atoms with Gasteiger partial charge in [0, 0.05) is 29.9 Å². The highest BCUT2D eigenvalue weighted by atomic mass is 32.1. The van der Waals surface area contributed by atoms with E-state index in [2.05, 4.69) is 58.0 Å². The Morgan fingerprint density at radius 1 is 0.865 bits per heavy atom. The number of aliphatic imine (C=N–C) groups is 1. The topological polar surface area (TPSA) is 72.9 Å². The number of thiocarbonyl (C=S) groups is 1. The summed E-state index contributed by atoms with van der Waals surface area (Å²) in [6.07, 6.45) is 1.53. The van der Waals surface area contributed by atoms with E-state index in [1.807, 2.05) is 41.3 Å². The number of nitrogens with zero attached hydrogens (tertiary/aromatic N) is 7. The Labute approximate surface area is 224 Å². The molecule has 2 aromatic rings. The molecule has 2 aromatic carbocycles. The number of hydrogen-bond acceptors (Lipinski definition) is 7. The summed E-state index contributed by atoms with van der Waals surface area (Å²) in [5.74, 6) is 0.753. The largest absolute Gasteiger partial charge is 0.367 e. The lowest BCUT2D eigenvalue weighted by molar-refractivity contribution is -0.0434. The number of rotatable bonds is 3. The van der Waals surface area contributed by atoms with Crippen LogP contribution in [0.4, 0.5) is 11.4 Å². The Bertz CT molecular complexity index is 1310. The third-order valence-corrected chi connectivity index (χ3v) is 9.79. The van der Waals surface area contributed by atoms with E-state index < -0.39 is 16.2 Å². The molecule has 37 heavy (non-hydrogen) atoms. The number of benzene rings is 2. The fourth-order valence-corrected chi connectivity index (χ4v) is 7.69. The Hall–Kier alpha value is -3.46. The Balaban J connectivity index is 1.53. The summed E-state index contributed by atoms with van der Waals surface area (Å²) in [6, 6.07) is 25.9. The molecule has 3 fully saturated rings. The first kappa shape index (κ1) is 23.9. The third kappa shape index (κ3) is 3.19. The first-order chi connectivity index (χ1) is 18.0. The molecule has 6 rings (SSSR count). The summed E-state index contributed by atoms with van der Waals surface area (Å²) in [5.41, 5.74) is -0.437. The molecule has 0 aliphatic carbocycles. The molecule has 4 aliphatic rings. The highest BCUT2D eigenvalue weighted by molar-refractivity contribution is 7.80. The lowest BCUT2D eigenvalue weighted by atomic mass is 9.43. The van der Waals surface area contributed by atoms with Crippen LogP contribution in [0.1, 0.15) is 19.8 Å². The van der Waals surface area contributed by atoms with Gasteiger partial charge in [-0.2, -0.15) is 10.5 Å². The van der Waals surface area contributed by atoms with E-state index in [9.17, 15) is 10.5 Å². The molecule has 4 heterocycles. The van der Waals surface area contributed by atoms with Gasteiger partial charge in [0.2, 0.25) is 0 Å². The summed E-state index contributed by atoms with van der Waals surface area (Å²) in [5, 5.41) is 22.2. The van der Waals surface area contributed by atoms with Crippen molar-refractivity contribution >= 4 is 34.4 Å². The molecule has 0 aromatic heterocycles. The third-order valence-electron chi connectivity index (χ3n) is 9.22. The van der Waals surface area contributed by atoms with Crippen molar-refractivity contribution in [1.29, 1.82) is 10.5 Å². The van der Waals surface area contributed by atoms with Gasteiger partial charge in [-0.05, 0) is 56.7 Å². The van der Waals surface area contributed by atoms with Gasteiger partial charge < -0.3 is 19.6 Å². The number of likely N-dealkylation sites (tertiary alicyclic amines) is 1. The fraction of sp³-hybridized carbons (Fsp3) is 0.448. The molecule has 2 bridgehead atoms. The van der Waals surface area contributed by atoms with E-state index in [1.54, 1.807) is 0 Å². The minimum absolute atomic E-state index is 0.462. The second-order valence-corrected chi connectivity index (χ2v) is 11.0. The molecule has 1 spiro atoms. The number of amidine groups is 1. The molecule has 7 nitrogen and oxygen atoms in total. The van der Waals surface area contributed by atoms with Gasteiger partial charge in [-0.3, -0.25) is 0 Å². The van der Waals surface area contributed by atoms with E-state index in [4.69, 9.17) is 17.2 Å². The first-order valence-corrected chi connectivity index (χ1v) is 13.5. The molecule has 8 heteroatoms. The van der Waals surface area contributed by atoms with Crippen LogP contribution in [-0.4, -0.2) is 66.7 Å². The zero-order chi connectivity index (χ0) is 25.7. The molecule has 4 aliphatic heterocycles. The van der Waals surface area contributed by atoms with E-state index in [0.29, 0.717) is 31.4 Å². The molecular weight excluding hydrogens is 478 g/mol. The second-order valence-electron chi connectivity index (χ2n) is 10.6. The molecule has 0 amide bonds. The molecule has 3 saturated heterocycles. The maximum Gasteiger partial charge on any atom is 0.140 e. The van der Waals surface area contributed by atoms with Crippen LogP contribution in [0.3, 0.4) is 0 Å². The standard InChI is InChI=1S/C29H31N7S/c1-2-33-15-13-29(14-16-33)27(17-30)19-34(23-9-5-3-6-10-23)20-28(29,18-31)26(37)36-22-35(21-32-25(27)36)24-11-7-4-8-12-24/h3-12H,2,13-16,19-22H2,1H3. The van der Waals surface area contributed by atoms with Crippen molar-refractivity contribution in [3.05, 3.63) is 60.7 Å². The number of anilines is 2. The number of fused-ring (bicyclic) bond motifs is 2. The van der Waals surface area contributed by atoms with Crippen molar-refractivity contribution in [2.75, 3.05) is 55.9 Å². The normalized spacial score (nSPS) is 28.8. The van der Waals surface area contributed by atoms with Gasteiger partial charge in [0.05, 0.1) is 18.8 Å². The average molecular weight is 510 g/mol. The van der Waals surface area contributed by atoms with Crippen LogP contribution in [0.5, 0.6) is 0 Å². The molecule has 0 radical (unpaired) electrons. The predicted octanol–water partition coefficient (Wildman–Crippen LogP) is 4.11. The minimum atomic E-state index is -0.981.